The molecule has 1 aliphatic heterocycles. The van der Waals surface area contributed by atoms with Gasteiger partial charge in [-0.1, -0.05) is 13.8 Å². The third-order valence-electron chi connectivity index (χ3n) is 2.12. The van der Waals surface area contributed by atoms with Crippen molar-refractivity contribution in [1.29, 1.82) is 0 Å². The Hall–Kier alpha value is -0.620. The van der Waals surface area contributed by atoms with Crippen molar-refractivity contribution >= 4 is 16.1 Å². The molecule has 0 atom stereocenters. The Bertz CT molecular complexity index is 323. The number of carbonyl (C=O) groups is 1. The van der Waals surface area contributed by atoms with Crippen molar-refractivity contribution in [2.45, 2.75) is 20.3 Å². The van der Waals surface area contributed by atoms with Crippen LogP contribution in [0.5, 0.6) is 0 Å². The second-order valence-corrected chi connectivity index (χ2v) is 5.86. The maximum absolute atomic E-state index is 11.7. The minimum atomic E-state index is -3.53. The summed E-state index contributed by atoms with van der Waals surface area (Å²) in [6, 6.07) is 0. The average molecular weight is 220 g/mol. The Morgan fingerprint density at radius 2 is 2.00 bits per heavy atom. The van der Waals surface area contributed by atoms with E-state index in [0.29, 0.717) is 0 Å². The molecule has 82 valence electrons. The third-order valence-corrected chi connectivity index (χ3v) is 4.00. The van der Waals surface area contributed by atoms with Gasteiger partial charge in [0.15, 0.2) is 0 Å². The molecule has 0 unspecified atom stereocenters. The van der Waals surface area contributed by atoms with Gasteiger partial charge < -0.3 is 0 Å². The van der Waals surface area contributed by atoms with Crippen LogP contribution in [0.15, 0.2) is 0 Å². The molecule has 0 aliphatic carbocycles. The lowest BCUT2D eigenvalue weighted by Crippen LogP contribution is -2.51. The third kappa shape index (κ3) is 2.06. The fraction of sp³-hybridized carbons (Fsp3) is 0.875. The fourth-order valence-corrected chi connectivity index (χ4v) is 2.81. The predicted octanol–water partition coefficient (Wildman–Crippen LogP) is 0.0513. The number of rotatable bonds is 2. The maximum Gasteiger partial charge on any atom is 0.306 e. The van der Waals surface area contributed by atoms with Gasteiger partial charge in [0.1, 0.15) is 0 Å². The van der Waals surface area contributed by atoms with Crippen LogP contribution >= 0.6 is 0 Å². The molecule has 5 nitrogen and oxygen atoms in total. The molecule has 1 aliphatic rings. The summed E-state index contributed by atoms with van der Waals surface area (Å²) in [5, 5.41) is 0. The van der Waals surface area contributed by atoms with Crippen LogP contribution in [0, 0.1) is 5.92 Å². The van der Waals surface area contributed by atoms with Crippen LogP contribution < -0.4 is 0 Å². The number of carbonyl (C=O) groups excluding carboxylic acids is 1. The summed E-state index contributed by atoms with van der Waals surface area (Å²) in [5.41, 5.74) is 0. The highest BCUT2D eigenvalue weighted by Crippen LogP contribution is 2.16. The van der Waals surface area contributed by atoms with E-state index >= 15 is 0 Å². The van der Waals surface area contributed by atoms with E-state index in [4.69, 9.17) is 0 Å². The fourth-order valence-electron chi connectivity index (χ4n) is 1.32. The molecule has 1 heterocycles. The van der Waals surface area contributed by atoms with Crippen LogP contribution in [0.1, 0.15) is 20.3 Å². The van der Waals surface area contributed by atoms with Crippen molar-refractivity contribution in [2.75, 3.05) is 20.1 Å². The molecule has 0 radical (unpaired) electrons. The molecular formula is C8H16N2O3S. The molecule has 6 heteroatoms. The second kappa shape index (κ2) is 3.86. The summed E-state index contributed by atoms with van der Waals surface area (Å²) in [6.45, 7) is 4.33. The highest BCUT2D eigenvalue weighted by Gasteiger charge is 2.35. The van der Waals surface area contributed by atoms with E-state index in [-0.39, 0.29) is 31.3 Å². The summed E-state index contributed by atoms with van der Waals surface area (Å²) in [7, 11) is -2.03. The van der Waals surface area contributed by atoms with Crippen LogP contribution in [0.4, 0.5) is 0 Å². The van der Waals surface area contributed by atoms with Crippen LogP contribution in [0.2, 0.25) is 0 Å². The van der Waals surface area contributed by atoms with E-state index in [1.165, 1.54) is 11.4 Å². The summed E-state index contributed by atoms with van der Waals surface area (Å²) in [5.74, 6) is -0.142. The van der Waals surface area contributed by atoms with Crippen LogP contribution in [-0.4, -0.2) is 43.1 Å². The van der Waals surface area contributed by atoms with Gasteiger partial charge in [0.05, 0.1) is 0 Å². The van der Waals surface area contributed by atoms with E-state index in [0.717, 1.165) is 4.31 Å². The first-order valence-electron chi connectivity index (χ1n) is 4.62. The molecule has 1 rings (SSSR count). The van der Waals surface area contributed by atoms with E-state index < -0.39 is 10.2 Å². The number of hydrogen-bond donors (Lipinski definition) is 0. The zero-order valence-electron chi connectivity index (χ0n) is 8.73. The van der Waals surface area contributed by atoms with Gasteiger partial charge in [-0.15, -0.1) is 0 Å². The Morgan fingerprint density at radius 3 is 2.50 bits per heavy atom. The SMILES string of the molecule is CC(C)CN1C(=O)CCN(C)S1(=O)=O. The minimum Gasteiger partial charge on any atom is -0.274 e. The van der Waals surface area contributed by atoms with Crippen molar-refractivity contribution in [3.8, 4) is 0 Å². The standard InChI is InChI=1S/C8H16N2O3S/c1-7(2)6-10-8(11)4-5-9(3)14(10,12)13/h7H,4-6H2,1-3H3. The van der Waals surface area contributed by atoms with Crippen LogP contribution in [0.25, 0.3) is 0 Å². The summed E-state index contributed by atoms with van der Waals surface area (Å²) in [6.07, 6.45) is 0.280. The molecule has 0 aromatic carbocycles. The van der Waals surface area contributed by atoms with Gasteiger partial charge in [0.2, 0.25) is 5.91 Å². The van der Waals surface area contributed by atoms with Gasteiger partial charge in [-0.25, -0.2) is 4.31 Å². The van der Waals surface area contributed by atoms with Gasteiger partial charge in [0.25, 0.3) is 0 Å². The van der Waals surface area contributed by atoms with E-state index in [2.05, 4.69) is 0 Å². The largest absolute Gasteiger partial charge is 0.306 e. The van der Waals surface area contributed by atoms with Crippen molar-refractivity contribution in [2.24, 2.45) is 5.92 Å². The maximum atomic E-state index is 11.7. The molecule has 14 heavy (non-hydrogen) atoms. The zero-order valence-corrected chi connectivity index (χ0v) is 9.54. The smallest absolute Gasteiger partial charge is 0.274 e. The van der Waals surface area contributed by atoms with Gasteiger partial charge >= 0.3 is 10.2 Å². The lowest BCUT2D eigenvalue weighted by Gasteiger charge is -2.33. The quantitative estimate of drug-likeness (QED) is 0.661. The highest BCUT2D eigenvalue weighted by molar-refractivity contribution is 7.87. The predicted molar refractivity (Wildman–Crippen MR) is 52.7 cm³/mol. The molecule has 1 saturated heterocycles. The topological polar surface area (TPSA) is 57.7 Å². The lowest BCUT2D eigenvalue weighted by molar-refractivity contribution is -0.128. The normalized spacial score (nSPS) is 23.1. The Labute approximate surface area is 84.9 Å². The van der Waals surface area contributed by atoms with Crippen molar-refractivity contribution in [3.63, 3.8) is 0 Å². The Balaban J connectivity index is 2.92. The average Bonchev–Trinajstić information content (AvgIpc) is 2.06. The van der Waals surface area contributed by atoms with Crippen LogP contribution in [-0.2, 0) is 15.0 Å². The zero-order chi connectivity index (χ0) is 10.9. The van der Waals surface area contributed by atoms with Crippen LogP contribution in [0.3, 0.4) is 0 Å². The summed E-state index contributed by atoms with van der Waals surface area (Å²) in [4.78, 5) is 11.4. The molecular weight excluding hydrogens is 204 g/mol. The molecule has 0 N–H and O–H groups in total. The number of nitrogens with zero attached hydrogens (tertiary/aromatic N) is 2. The van der Waals surface area contributed by atoms with Crippen molar-refractivity contribution < 1.29 is 13.2 Å². The van der Waals surface area contributed by atoms with Gasteiger partial charge in [0, 0.05) is 26.6 Å². The van der Waals surface area contributed by atoms with Gasteiger partial charge in [-0.3, -0.25) is 4.79 Å². The molecule has 0 aromatic heterocycles. The molecule has 0 spiro atoms. The van der Waals surface area contributed by atoms with Crippen molar-refractivity contribution in [3.05, 3.63) is 0 Å². The number of hydrogen-bond acceptors (Lipinski definition) is 3. The van der Waals surface area contributed by atoms with E-state index in [1.807, 2.05) is 13.8 Å². The first kappa shape index (κ1) is 11.5. The number of amides is 1. The molecule has 1 amide bonds. The Morgan fingerprint density at radius 1 is 1.43 bits per heavy atom. The summed E-state index contributed by atoms with van der Waals surface area (Å²) >= 11 is 0. The van der Waals surface area contributed by atoms with Crippen molar-refractivity contribution in [1.82, 2.24) is 8.61 Å². The monoisotopic (exact) mass is 220 g/mol. The van der Waals surface area contributed by atoms with E-state index in [9.17, 15) is 13.2 Å². The minimum absolute atomic E-state index is 0.153. The van der Waals surface area contributed by atoms with E-state index in [1.54, 1.807) is 0 Å². The first-order chi connectivity index (χ1) is 6.35. The molecule has 0 saturated carbocycles. The second-order valence-electron chi connectivity index (χ2n) is 3.90. The molecule has 1 fully saturated rings. The van der Waals surface area contributed by atoms with Gasteiger partial charge in [-0.2, -0.15) is 12.7 Å². The first-order valence-corrected chi connectivity index (χ1v) is 6.02. The summed E-state index contributed by atoms with van der Waals surface area (Å²) < 4.78 is 25.6. The molecule has 0 bridgehead atoms. The molecule has 0 aromatic rings. The van der Waals surface area contributed by atoms with Gasteiger partial charge in [-0.05, 0) is 5.92 Å². The Kier molecular flexibility index (Phi) is 3.16. The highest BCUT2D eigenvalue weighted by atomic mass is 32.2. The lowest BCUT2D eigenvalue weighted by atomic mass is 10.2.